The predicted octanol–water partition coefficient (Wildman–Crippen LogP) is 1.64. The standard InChI is InChI=1S/C10H13NO/c11-9-5-2-1-4-8(9)10(12)6-3-7-10/h1-2,4-5,12H,3,6-7,11H2. The first-order chi connectivity index (χ1) is 5.72. The van der Waals surface area contributed by atoms with Gasteiger partial charge in [0, 0.05) is 11.3 Å². The second-order valence-corrected chi connectivity index (χ2v) is 3.47. The molecule has 1 aromatic carbocycles. The molecule has 1 aliphatic rings. The van der Waals surface area contributed by atoms with E-state index in [-0.39, 0.29) is 0 Å². The zero-order chi connectivity index (χ0) is 8.60. The Morgan fingerprint density at radius 1 is 1.25 bits per heavy atom. The molecule has 1 aromatic rings. The summed E-state index contributed by atoms with van der Waals surface area (Å²) >= 11 is 0. The minimum Gasteiger partial charge on any atom is -0.398 e. The van der Waals surface area contributed by atoms with Crippen molar-refractivity contribution in [2.75, 3.05) is 5.73 Å². The summed E-state index contributed by atoms with van der Waals surface area (Å²) < 4.78 is 0. The van der Waals surface area contributed by atoms with Gasteiger partial charge < -0.3 is 10.8 Å². The lowest BCUT2D eigenvalue weighted by Crippen LogP contribution is -2.34. The Labute approximate surface area is 72.0 Å². The van der Waals surface area contributed by atoms with Crippen LogP contribution in [0.15, 0.2) is 24.3 Å². The maximum atomic E-state index is 9.98. The van der Waals surface area contributed by atoms with Crippen LogP contribution in [0.3, 0.4) is 0 Å². The molecule has 0 amide bonds. The Balaban J connectivity index is 2.39. The fourth-order valence-corrected chi connectivity index (χ4v) is 1.70. The molecule has 2 nitrogen and oxygen atoms in total. The molecular formula is C10H13NO. The van der Waals surface area contributed by atoms with Gasteiger partial charge in [-0.25, -0.2) is 0 Å². The van der Waals surface area contributed by atoms with Crippen LogP contribution in [0.25, 0.3) is 0 Å². The molecule has 2 heteroatoms. The third kappa shape index (κ3) is 0.994. The van der Waals surface area contributed by atoms with Gasteiger partial charge in [-0.1, -0.05) is 18.2 Å². The van der Waals surface area contributed by atoms with E-state index >= 15 is 0 Å². The number of aliphatic hydroxyl groups is 1. The van der Waals surface area contributed by atoms with E-state index in [0.29, 0.717) is 5.69 Å². The van der Waals surface area contributed by atoms with E-state index in [1.165, 1.54) is 0 Å². The first-order valence-corrected chi connectivity index (χ1v) is 4.30. The van der Waals surface area contributed by atoms with Crippen LogP contribution in [0.4, 0.5) is 5.69 Å². The van der Waals surface area contributed by atoms with Gasteiger partial charge in [0.25, 0.3) is 0 Å². The zero-order valence-electron chi connectivity index (χ0n) is 6.96. The van der Waals surface area contributed by atoms with Crippen LogP contribution in [0, 0.1) is 0 Å². The van der Waals surface area contributed by atoms with Crippen LogP contribution in [0.2, 0.25) is 0 Å². The molecule has 1 aliphatic carbocycles. The van der Waals surface area contributed by atoms with Crippen LogP contribution in [0.5, 0.6) is 0 Å². The largest absolute Gasteiger partial charge is 0.398 e. The Kier molecular flexibility index (Phi) is 1.58. The zero-order valence-corrected chi connectivity index (χ0v) is 6.96. The molecule has 12 heavy (non-hydrogen) atoms. The van der Waals surface area contributed by atoms with E-state index < -0.39 is 5.60 Å². The molecule has 3 N–H and O–H groups in total. The Morgan fingerprint density at radius 2 is 1.92 bits per heavy atom. The summed E-state index contributed by atoms with van der Waals surface area (Å²) in [6, 6.07) is 7.56. The first-order valence-electron chi connectivity index (χ1n) is 4.30. The van der Waals surface area contributed by atoms with Crippen molar-refractivity contribution in [3.05, 3.63) is 29.8 Å². The molecule has 64 valence electrons. The van der Waals surface area contributed by atoms with Crippen molar-refractivity contribution in [3.63, 3.8) is 0 Å². The van der Waals surface area contributed by atoms with Crippen LogP contribution >= 0.6 is 0 Å². The Bertz CT molecular complexity index is 292. The van der Waals surface area contributed by atoms with Crippen molar-refractivity contribution in [2.45, 2.75) is 24.9 Å². The minimum atomic E-state index is -0.620. The summed E-state index contributed by atoms with van der Waals surface area (Å²) in [7, 11) is 0. The fourth-order valence-electron chi connectivity index (χ4n) is 1.70. The number of hydrogen-bond acceptors (Lipinski definition) is 2. The maximum Gasteiger partial charge on any atom is 0.0916 e. The molecule has 0 unspecified atom stereocenters. The second kappa shape index (κ2) is 2.49. The molecule has 0 aliphatic heterocycles. The average molecular weight is 163 g/mol. The lowest BCUT2D eigenvalue weighted by atomic mass is 9.74. The van der Waals surface area contributed by atoms with Gasteiger partial charge in [0.2, 0.25) is 0 Å². The van der Waals surface area contributed by atoms with Crippen molar-refractivity contribution < 1.29 is 5.11 Å². The van der Waals surface area contributed by atoms with Crippen molar-refractivity contribution in [1.29, 1.82) is 0 Å². The van der Waals surface area contributed by atoms with Crippen molar-refractivity contribution in [1.82, 2.24) is 0 Å². The summed E-state index contributed by atoms with van der Waals surface area (Å²) in [5, 5.41) is 9.98. The summed E-state index contributed by atoms with van der Waals surface area (Å²) in [5.74, 6) is 0. The quantitative estimate of drug-likeness (QED) is 0.618. The number of nitrogens with two attached hydrogens (primary N) is 1. The first kappa shape index (κ1) is 7.62. The highest BCUT2D eigenvalue weighted by Gasteiger charge is 2.37. The van der Waals surface area contributed by atoms with E-state index in [2.05, 4.69) is 0 Å². The SMILES string of the molecule is Nc1ccccc1C1(O)CCC1. The van der Waals surface area contributed by atoms with Crippen LogP contribution in [-0.2, 0) is 5.60 Å². The number of nitrogen functional groups attached to an aromatic ring is 1. The van der Waals surface area contributed by atoms with Gasteiger partial charge in [0.15, 0.2) is 0 Å². The van der Waals surface area contributed by atoms with Crippen LogP contribution in [-0.4, -0.2) is 5.11 Å². The maximum absolute atomic E-state index is 9.98. The topological polar surface area (TPSA) is 46.2 Å². The van der Waals surface area contributed by atoms with Crippen molar-refractivity contribution in [3.8, 4) is 0 Å². The molecule has 0 bridgehead atoms. The Morgan fingerprint density at radius 3 is 2.42 bits per heavy atom. The second-order valence-electron chi connectivity index (χ2n) is 3.47. The van der Waals surface area contributed by atoms with Gasteiger partial charge in [-0.15, -0.1) is 0 Å². The van der Waals surface area contributed by atoms with Crippen molar-refractivity contribution >= 4 is 5.69 Å². The van der Waals surface area contributed by atoms with E-state index in [1.807, 2.05) is 24.3 Å². The number of anilines is 1. The number of hydrogen-bond donors (Lipinski definition) is 2. The summed E-state index contributed by atoms with van der Waals surface area (Å²) in [5.41, 5.74) is 6.74. The normalized spacial score (nSPS) is 20.1. The van der Waals surface area contributed by atoms with Crippen molar-refractivity contribution in [2.24, 2.45) is 0 Å². The summed E-state index contributed by atoms with van der Waals surface area (Å²) in [4.78, 5) is 0. The van der Waals surface area contributed by atoms with Gasteiger partial charge in [0.1, 0.15) is 0 Å². The molecular weight excluding hydrogens is 150 g/mol. The highest BCUT2D eigenvalue weighted by Crippen LogP contribution is 2.42. The van der Waals surface area contributed by atoms with Gasteiger partial charge in [0.05, 0.1) is 5.60 Å². The Hall–Kier alpha value is -1.02. The minimum absolute atomic E-state index is 0.620. The lowest BCUT2D eigenvalue weighted by Gasteiger charge is -2.37. The molecule has 0 aromatic heterocycles. The van der Waals surface area contributed by atoms with Gasteiger partial charge in [-0.05, 0) is 25.3 Å². The predicted molar refractivity (Wildman–Crippen MR) is 48.6 cm³/mol. The third-order valence-electron chi connectivity index (χ3n) is 2.64. The highest BCUT2D eigenvalue weighted by atomic mass is 16.3. The van der Waals surface area contributed by atoms with Gasteiger partial charge in [-0.2, -0.15) is 0 Å². The molecule has 0 radical (unpaired) electrons. The number of para-hydroxylation sites is 1. The smallest absolute Gasteiger partial charge is 0.0916 e. The van der Waals surface area contributed by atoms with E-state index in [1.54, 1.807) is 0 Å². The third-order valence-corrected chi connectivity index (χ3v) is 2.64. The van der Waals surface area contributed by atoms with Gasteiger partial charge >= 0.3 is 0 Å². The molecule has 0 heterocycles. The molecule has 2 rings (SSSR count). The molecule has 0 saturated heterocycles. The number of benzene rings is 1. The van der Waals surface area contributed by atoms with E-state index in [4.69, 9.17) is 5.73 Å². The summed E-state index contributed by atoms with van der Waals surface area (Å²) in [6.45, 7) is 0. The number of rotatable bonds is 1. The molecule has 1 saturated carbocycles. The van der Waals surface area contributed by atoms with E-state index in [0.717, 1.165) is 24.8 Å². The average Bonchev–Trinajstić information content (AvgIpc) is 2.01. The highest BCUT2D eigenvalue weighted by molar-refractivity contribution is 5.50. The van der Waals surface area contributed by atoms with Crippen LogP contribution in [0.1, 0.15) is 24.8 Å². The van der Waals surface area contributed by atoms with E-state index in [9.17, 15) is 5.11 Å². The fraction of sp³-hybridized carbons (Fsp3) is 0.400. The van der Waals surface area contributed by atoms with Gasteiger partial charge in [-0.3, -0.25) is 0 Å². The molecule has 1 fully saturated rings. The molecule has 0 spiro atoms. The lowest BCUT2D eigenvalue weighted by molar-refractivity contribution is -0.0380. The summed E-state index contributed by atoms with van der Waals surface area (Å²) in [6.07, 6.45) is 2.80. The monoisotopic (exact) mass is 163 g/mol. The van der Waals surface area contributed by atoms with Crippen LogP contribution < -0.4 is 5.73 Å². The molecule has 0 atom stereocenters.